The molecule has 0 saturated carbocycles. The highest BCUT2D eigenvalue weighted by atomic mass is 35.5. The van der Waals surface area contributed by atoms with Gasteiger partial charge in [0.05, 0.1) is 10.4 Å². The molecule has 0 amide bonds. The third-order valence-electron chi connectivity index (χ3n) is 2.64. The Bertz CT molecular complexity index is 313. The van der Waals surface area contributed by atoms with E-state index in [0.717, 1.165) is 17.9 Å². The van der Waals surface area contributed by atoms with Crippen LogP contribution in [0.5, 0.6) is 0 Å². The number of aliphatic hydroxyl groups is 1. The van der Waals surface area contributed by atoms with Gasteiger partial charge in [-0.15, -0.1) is 11.3 Å². The molecule has 1 aliphatic heterocycles. The van der Waals surface area contributed by atoms with E-state index in [2.05, 4.69) is 6.92 Å². The van der Waals surface area contributed by atoms with Crippen LogP contribution in [0, 0.1) is 5.92 Å². The van der Waals surface area contributed by atoms with Gasteiger partial charge in [-0.1, -0.05) is 18.5 Å². The van der Waals surface area contributed by atoms with Crippen LogP contribution >= 0.6 is 22.9 Å². The summed E-state index contributed by atoms with van der Waals surface area (Å²) in [6.07, 6.45) is 0.440. The van der Waals surface area contributed by atoms with Crippen molar-refractivity contribution >= 4 is 22.9 Å². The lowest BCUT2D eigenvalue weighted by Crippen LogP contribution is -2.22. The molecule has 0 bridgehead atoms. The first-order chi connectivity index (χ1) is 6.68. The van der Waals surface area contributed by atoms with Gasteiger partial charge in [0.15, 0.2) is 0 Å². The smallest absolute Gasteiger partial charge is 0.115 e. The van der Waals surface area contributed by atoms with Gasteiger partial charge in [-0.3, -0.25) is 0 Å². The van der Waals surface area contributed by atoms with Crippen LogP contribution in [-0.4, -0.2) is 17.8 Å². The first kappa shape index (κ1) is 10.4. The third kappa shape index (κ3) is 1.96. The van der Waals surface area contributed by atoms with Crippen LogP contribution in [0.1, 0.15) is 24.3 Å². The van der Waals surface area contributed by atoms with Crippen molar-refractivity contribution in [2.45, 2.75) is 25.6 Å². The monoisotopic (exact) mass is 232 g/mol. The van der Waals surface area contributed by atoms with E-state index in [1.807, 2.05) is 12.1 Å². The second-order valence-corrected chi connectivity index (χ2v) is 5.43. The summed E-state index contributed by atoms with van der Waals surface area (Å²) in [6, 6.07) is 3.68. The van der Waals surface area contributed by atoms with Crippen molar-refractivity contribution in [2.75, 3.05) is 6.61 Å². The second-order valence-electron chi connectivity index (χ2n) is 3.69. The molecule has 1 aromatic rings. The van der Waals surface area contributed by atoms with Gasteiger partial charge >= 0.3 is 0 Å². The Morgan fingerprint density at radius 2 is 2.43 bits per heavy atom. The molecule has 0 spiro atoms. The zero-order valence-electron chi connectivity index (χ0n) is 7.94. The molecule has 4 heteroatoms. The van der Waals surface area contributed by atoms with Crippen molar-refractivity contribution < 1.29 is 9.84 Å². The largest absolute Gasteiger partial charge is 0.385 e. The van der Waals surface area contributed by atoms with Gasteiger partial charge in [0.2, 0.25) is 0 Å². The van der Waals surface area contributed by atoms with Crippen molar-refractivity contribution in [1.29, 1.82) is 0 Å². The number of hydrogen-bond donors (Lipinski definition) is 1. The number of rotatable bonds is 2. The molecule has 0 aliphatic carbocycles. The number of aliphatic hydroxyl groups excluding tert-OH is 1. The van der Waals surface area contributed by atoms with E-state index in [-0.39, 0.29) is 6.10 Å². The molecule has 2 rings (SSSR count). The fourth-order valence-corrected chi connectivity index (χ4v) is 2.85. The molecule has 1 aliphatic rings. The second kappa shape index (κ2) is 4.19. The van der Waals surface area contributed by atoms with E-state index >= 15 is 0 Å². The minimum Gasteiger partial charge on any atom is -0.385 e. The summed E-state index contributed by atoms with van der Waals surface area (Å²) in [6.45, 7) is 2.86. The van der Waals surface area contributed by atoms with Crippen LogP contribution in [0.15, 0.2) is 12.1 Å². The summed E-state index contributed by atoms with van der Waals surface area (Å²) in [5.41, 5.74) is 0. The van der Waals surface area contributed by atoms with E-state index < -0.39 is 6.10 Å². The average molecular weight is 233 g/mol. The van der Waals surface area contributed by atoms with Gasteiger partial charge in [0, 0.05) is 11.5 Å². The molecule has 1 N–H and O–H groups in total. The predicted molar refractivity (Wildman–Crippen MR) is 57.8 cm³/mol. The molecule has 2 nitrogen and oxygen atoms in total. The van der Waals surface area contributed by atoms with E-state index in [0.29, 0.717) is 10.3 Å². The highest BCUT2D eigenvalue weighted by Gasteiger charge is 2.32. The molecule has 78 valence electrons. The van der Waals surface area contributed by atoms with Gasteiger partial charge < -0.3 is 9.84 Å². The minimum atomic E-state index is -0.523. The van der Waals surface area contributed by atoms with E-state index in [1.165, 1.54) is 11.3 Å². The molecule has 0 radical (unpaired) electrons. The third-order valence-corrected chi connectivity index (χ3v) is 3.94. The Balaban J connectivity index is 2.11. The van der Waals surface area contributed by atoms with Gasteiger partial charge in [0.25, 0.3) is 0 Å². The van der Waals surface area contributed by atoms with Gasteiger partial charge in [-0.05, 0) is 24.5 Å². The SMILES string of the molecule is CC1CCOC1C(O)c1ccc(Cl)s1. The summed E-state index contributed by atoms with van der Waals surface area (Å²) in [5, 5.41) is 10.0. The van der Waals surface area contributed by atoms with Crippen molar-refractivity contribution in [3.05, 3.63) is 21.3 Å². The van der Waals surface area contributed by atoms with Crippen LogP contribution in [0.25, 0.3) is 0 Å². The Morgan fingerprint density at radius 1 is 1.64 bits per heavy atom. The average Bonchev–Trinajstić information content (AvgIpc) is 2.73. The van der Waals surface area contributed by atoms with Crippen LogP contribution in [0.2, 0.25) is 4.34 Å². The fourth-order valence-electron chi connectivity index (χ4n) is 1.77. The van der Waals surface area contributed by atoms with Crippen molar-refractivity contribution in [3.63, 3.8) is 0 Å². The van der Waals surface area contributed by atoms with Crippen LogP contribution < -0.4 is 0 Å². The summed E-state index contributed by atoms with van der Waals surface area (Å²) < 4.78 is 6.22. The molecule has 0 aromatic carbocycles. The maximum atomic E-state index is 10.0. The molecule has 2 heterocycles. The first-order valence-corrected chi connectivity index (χ1v) is 5.93. The van der Waals surface area contributed by atoms with E-state index in [1.54, 1.807) is 0 Å². The first-order valence-electron chi connectivity index (χ1n) is 4.73. The Kier molecular flexibility index (Phi) is 3.12. The van der Waals surface area contributed by atoms with E-state index in [4.69, 9.17) is 16.3 Å². The number of ether oxygens (including phenoxy) is 1. The predicted octanol–water partition coefficient (Wildman–Crippen LogP) is 2.86. The lowest BCUT2D eigenvalue weighted by atomic mass is 9.99. The summed E-state index contributed by atoms with van der Waals surface area (Å²) in [7, 11) is 0. The highest BCUT2D eigenvalue weighted by Crippen LogP contribution is 2.35. The van der Waals surface area contributed by atoms with Gasteiger partial charge in [0.1, 0.15) is 6.10 Å². The summed E-state index contributed by atoms with van der Waals surface area (Å²) in [4.78, 5) is 0.897. The molecule has 1 aromatic heterocycles. The Hall–Kier alpha value is -0.0900. The maximum Gasteiger partial charge on any atom is 0.115 e. The topological polar surface area (TPSA) is 29.5 Å². The number of halogens is 1. The zero-order chi connectivity index (χ0) is 10.1. The Morgan fingerprint density at radius 3 is 2.93 bits per heavy atom. The van der Waals surface area contributed by atoms with Crippen molar-refractivity contribution in [2.24, 2.45) is 5.92 Å². The number of thiophene rings is 1. The molecular weight excluding hydrogens is 220 g/mol. The molecule has 3 unspecified atom stereocenters. The lowest BCUT2D eigenvalue weighted by Gasteiger charge is -2.19. The van der Waals surface area contributed by atoms with Crippen LogP contribution in [-0.2, 0) is 4.74 Å². The zero-order valence-corrected chi connectivity index (χ0v) is 9.52. The number of hydrogen-bond acceptors (Lipinski definition) is 3. The van der Waals surface area contributed by atoms with Gasteiger partial charge in [-0.25, -0.2) is 0 Å². The summed E-state index contributed by atoms with van der Waals surface area (Å²) >= 11 is 7.23. The molecular formula is C10H13ClO2S. The maximum absolute atomic E-state index is 10.0. The van der Waals surface area contributed by atoms with Crippen LogP contribution in [0.3, 0.4) is 0 Å². The molecule has 1 saturated heterocycles. The molecule has 3 atom stereocenters. The standard InChI is InChI=1S/C10H13ClO2S/c1-6-4-5-13-10(6)9(12)7-2-3-8(11)14-7/h2-3,6,9-10,12H,4-5H2,1H3. The van der Waals surface area contributed by atoms with Crippen molar-refractivity contribution in [1.82, 2.24) is 0 Å². The van der Waals surface area contributed by atoms with Crippen molar-refractivity contribution in [3.8, 4) is 0 Å². The molecule has 14 heavy (non-hydrogen) atoms. The van der Waals surface area contributed by atoms with Crippen LogP contribution in [0.4, 0.5) is 0 Å². The summed E-state index contributed by atoms with van der Waals surface area (Å²) in [5.74, 6) is 0.422. The minimum absolute atomic E-state index is 0.0651. The Labute approximate surface area is 92.5 Å². The quantitative estimate of drug-likeness (QED) is 0.850. The lowest BCUT2D eigenvalue weighted by molar-refractivity contribution is -0.0160. The normalized spacial score (nSPS) is 29.4. The molecule has 1 fully saturated rings. The van der Waals surface area contributed by atoms with E-state index in [9.17, 15) is 5.11 Å². The van der Waals surface area contributed by atoms with Gasteiger partial charge in [-0.2, -0.15) is 0 Å². The fraction of sp³-hybridized carbons (Fsp3) is 0.600. The highest BCUT2D eigenvalue weighted by molar-refractivity contribution is 7.16.